The highest BCUT2D eigenvalue weighted by Gasteiger charge is 2.28. The second-order valence-corrected chi connectivity index (χ2v) is 11.9. The van der Waals surface area contributed by atoms with Crippen molar-refractivity contribution in [2.75, 3.05) is 63.4 Å². The number of amides is 1. The molecule has 4 heterocycles. The molecule has 2 fully saturated rings. The lowest BCUT2D eigenvalue weighted by molar-refractivity contribution is -0.125. The fourth-order valence-electron chi connectivity index (χ4n) is 6.02. The van der Waals surface area contributed by atoms with E-state index in [-0.39, 0.29) is 17.6 Å². The Morgan fingerprint density at radius 3 is 2.40 bits per heavy atom. The number of nitrogen functional groups attached to an aromatic ring is 1. The number of esters is 1. The molecule has 6 rings (SSSR count). The summed E-state index contributed by atoms with van der Waals surface area (Å²) in [6, 6.07) is 14.1. The van der Waals surface area contributed by atoms with Crippen LogP contribution in [0.3, 0.4) is 0 Å². The number of rotatable bonds is 11. The minimum absolute atomic E-state index is 0.124. The van der Waals surface area contributed by atoms with Gasteiger partial charge in [-0.1, -0.05) is 30.3 Å². The van der Waals surface area contributed by atoms with Crippen molar-refractivity contribution in [3.05, 3.63) is 90.3 Å². The van der Waals surface area contributed by atoms with E-state index in [0.29, 0.717) is 22.5 Å². The standard InChI is InChI=1S/C34H40FN9O3/c35-26-7-9-27(10-8-26)40-33(45)31(24-5-2-1-3-6-24)47-34(46)30-32(36)38-22-29(41-30)25-21-39-44(23-25)28-11-17-42(18-12-28)15-4-16-43-19-13-37-14-20-43/h1-3,5-10,21-23,28,31,37H,4,11-20H2,(H2,36,38)(H,40,45)/t31-/m1/s1. The van der Waals surface area contributed by atoms with Crippen LogP contribution in [-0.4, -0.2) is 93.8 Å². The lowest BCUT2D eigenvalue weighted by atomic mass is 10.1. The van der Waals surface area contributed by atoms with Gasteiger partial charge in [-0.2, -0.15) is 5.10 Å². The molecule has 0 bridgehead atoms. The van der Waals surface area contributed by atoms with Gasteiger partial charge in [0.15, 0.2) is 11.5 Å². The molecule has 2 aliphatic heterocycles. The largest absolute Gasteiger partial charge is 0.442 e. The molecular weight excluding hydrogens is 601 g/mol. The van der Waals surface area contributed by atoms with Gasteiger partial charge in [0, 0.05) is 62.3 Å². The van der Waals surface area contributed by atoms with Gasteiger partial charge in [-0.25, -0.2) is 19.2 Å². The minimum atomic E-state index is -1.32. The number of aromatic nitrogens is 4. The van der Waals surface area contributed by atoms with Crippen molar-refractivity contribution in [1.82, 2.24) is 34.9 Å². The summed E-state index contributed by atoms with van der Waals surface area (Å²) < 4.78 is 21.0. The first-order chi connectivity index (χ1) is 22.9. The Bertz CT molecular complexity index is 1640. The Hall–Kier alpha value is -4.72. The quantitative estimate of drug-likeness (QED) is 0.208. The molecule has 2 aromatic carbocycles. The molecule has 0 radical (unpaired) electrons. The number of carbonyl (C=O) groups is 2. The Morgan fingerprint density at radius 1 is 0.979 bits per heavy atom. The molecule has 2 aromatic heterocycles. The number of nitrogens with one attached hydrogen (secondary N) is 2. The average Bonchev–Trinajstić information content (AvgIpc) is 3.60. The van der Waals surface area contributed by atoms with Crippen LogP contribution in [0.25, 0.3) is 11.3 Å². The summed E-state index contributed by atoms with van der Waals surface area (Å²) in [7, 11) is 0. The molecule has 4 N–H and O–H groups in total. The van der Waals surface area contributed by atoms with E-state index in [4.69, 9.17) is 10.5 Å². The summed E-state index contributed by atoms with van der Waals surface area (Å²) in [4.78, 5) is 40.4. The molecule has 13 heteroatoms. The van der Waals surface area contributed by atoms with Crippen LogP contribution < -0.4 is 16.4 Å². The number of piperidine rings is 1. The predicted octanol–water partition coefficient (Wildman–Crippen LogP) is 3.53. The maximum atomic E-state index is 13.4. The molecule has 1 atom stereocenters. The van der Waals surface area contributed by atoms with Gasteiger partial charge >= 0.3 is 5.97 Å². The highest BCUT2D eigenvalue weighted by Crippen LogP contribution is 2.27. The van der Waals surface area contributed by atoms with E-state index < -0.39 is 23.8 Å². The molecule has 246 valence electrons. The van der Waals surface area contributed by atoms with Crippen molar-refractivity contribution in [2.45, 2.75) is 31.4 Å². The van der Waals surface area contributed by atoms with Crippen LogP contribution >= 0.6 is 0 Å². The number of ether oxygens (including phenoxy) is 1. The van der Waals surface area contributed by atoms with Crippen molar-refractivity contribution >= 4 is 23.4 Å². The van der Waals surface area contributed by atoms with Gasteiger partial charge in [0.05, 0.1) is 24.1 Å². The van der Waals surface area contributed by atoms with E-state index in [9.17, 15) is 14.0 Å². The summed E-state index contributed by atoms with van der Waals surface area (Å²) >= 11 is 0. The zero-order valence-corrected chi connectivity index (χ0v) is 26.2. The Morgan fingerprint density at radius 2 is 1.68 bits per heavy atom. The highest BCUT2D eigenvalue weighted by atomic mass is 19.1. The van der Waals surface area contributed by atoms with E-state index in [0.717, 1.165) is 65.2 Å². The third-order valence-electron chi connectivity index (χ3n) is 8.66. The van der Waals surface area contributed by atoms with Crippen molar-refractivity contribution in [1.29, 1.82) is 0 Å². The first kappa shape index (κ1) is 32.2. The number of hydrogen-bond acceptors (Lipinski definition) is 10. The van der Waals surface area contributed by atoms with E-state index in [1.807, 2.05) is 10.9 Å². The number of likely N-dealkylation sites (tertiary alicyclic amines) is 1. The molecule has 0 unspecified atom stereocenters. The third-order valence-corrected chi connectivity index (χ3v) is 8.66. The first-order valence-corrected chi connectivity index (χ1v) is 16.1. The normalized spacial score (nSPS) is 16.9. The van der Waals surface area contributed by atoms with Crippen LogP contribution in [0.15, 0.2) is 73.2 Å². The van der Waals surface area contributed by atoms with Gasteiger partial charge in [0.1, 0.15) is 5.82 Å². The van der Waals surface area contributed by atoms with Crippen LogP contribution in [0.5, 0.6) is 0 Å². The molecule has 47 heavy (non-hydrogen) atoms. The van der Waals surface area contributed by atoms with Crippen LogP contribution in [-0.2, 0) is 9.53 Å². The molecule has 2 aliphatic rings. The summed E-state index contributed by atoms with van der Waals surface area (Å²) in [6.45, 7) is 8.74. The summed E-state index contributed by atoms with van der Waals surface area (Å²) in [5.74, 6) is -2.09. The maximum Gasteiger partial charge on any atom is 0.361 e. The number of carbonyl (C=O) groups excluding carboxylic acids is 2. The van der Waals surface area contributed by atoms with E-state index in [1.165, 1.54) is 36.9 Å². The third kappa shape index (κ3) is 8.36. The number of nitrogens with zero attached hydrogens (tertiary/aromatic N) is 6. The van der Waals surface area contributed by atoms with Crippen LogP contribution in [0.2, 0.25) is 0 Å². The van der Waals surface area contributed by atoms with E-state index in [2.05, 4.69) is 35.5 Å². The van der Waals surface area contributed by atoms with E-state index in [1.54, 1.807) is 36.5 Å². The Kier molecular flexibility index (Phi) is 10.5. The lowest BCUT2D eigenvalue weighted by Crippen LogP contribution is -2.44. The summed E-state index contributed by atoms with van der Waals surface area (Å²) in [5, 5.41) is 10.7. The zero-order chi connectivity index (χ0) is 32.6. The number of piperazine rings is 1. The van der Waals surface area contributed by atoms with Crippen molar-refractivity contribution in [3.63, 3.8) is 0 Å². The smallest absolute Gasteiger partial charge is 0.361 e. The topological polar surface area (TPSA) is 144 Å². The predicted molar refractivity (Wildman–Crippen MR) is 176 cm³/mol. The van der Waals surface area contributed by atoms with Crippen molar-refractivity contribution < 1.29 is 18.7 Å². The van der Waals surface area contributed by atoms with Gasteiger partial charge in [-0.05, 0) is 56.6 Å². The second-order valence-electron chi connectivity index (χ2n) is 11.9. The fourth-order valence-corrected chi connectivity index (χ4v) is 6.02. The Balaban J connectivity index is 1.09. The highest BCUT2D eigenvalue weighted by molar-refractivity contribution is 5.99. The average molecular weight is 642 g/mol. The zero-order valence-electron chi connectivity index (χ0n) is 26.2. The minimum Gasteiger partial charge on any atom is -0.442 e. The van der Waals surface area contributed by atoms with Crippen LogP contribution in [0.1, 0.15) is 47.5 Å². The van der Waals surface area contributed by atoms with Crippen LogP contribution in [0, 0.1) is 5.82 Å². The molecule has 0 spiro atoms. The van der Waals surface area contributed by atoms with Crippen molar-refractivity contribution in [3.8, 4) is 11.3 Å². The molecule has 1 amide bonds. The molecule has 12 nitrogen and oxygen atoms in total. The number of benzene rings is 2. The maximum absolute atomic E-state index is 13.4. The fraction of sp³-hybridized carbons (Fsp3) is 0.382. The molecule has 2 saturated heterocycles. The summed E-state index contributed by atoms with van der Waals surface area (Å²) in [5.41, 5.74) is 7.75. The molecular formula is C34H40FN9O3. The van der Waals surface area contributed by atoms with Gasteiger partial charge in [-0.15, -0.1) is 0 Å². The van der Waals surface area contributed by atoms with Crippen LogP contribution in [0.4, 0.5) is 15.9 Å². The van der Waals surface area contributed by atoms with Gasteiger partial charge in [-0.3, -0.25) is 9.48 Å². The molecule has 0 aliphatic carbocycles. The number of hydrogen-bond donors (Lipinski definition) is 3. The summed E-state index contributed by atoms with van der Waals surface area (Å²) in [6.07, 6.45) is 6.98. The Labute approximate surface area is 273 Å². The SMILES string of the molecule is Nc1ncc(-c2cnn(C3CCN(CCCN4CCNCC4)CC3)c2)nc1C(=O)O[C@@H](C(=O)Nc1ccc(F)cc1)c1ccccc1. The van der Waals surface area contributed by atoms with E-state index >= 15 is 0 Å². The molecule has 0 saturated carbocycles. The van der Waals surface area contributed by atoms with Gasteiger partial charge < -0.3 is 30.9 Å². The monoisotopic (exact) mass is 641 g/mol. The van der Waals surface area contributed by atoms with Gasteiger partial charge in [0.25, 0.3) is 5.91 Å². The number of halogens is 1. The second kappa shape index (κ2) is 15.2. The van der Waals surface area contributed by atoms with Crippen molar-refractivity contribution in [2.24, 2.45) is 0 Å². The first-order valence-electron chi connectivity index (χ1n) is 16.1. The molecule has 4 aromatic rings. The van der Waals surface area contributed by atoms with Gasteiger partial charge in [0.2, 0.25) is 6.10 Å². The number of nitrogens with two attached hydrogens (primary N) is 1. The number of anilines is 2. The lowest BCUT2D eigenvalue weighted by Gasteiger charge is -2.33.